The van der Waals surface area contributed by atoms with Crippen LogP contribution >= 0.6 is 0 Å². The van der Waals surface area contributed by atoms with E-state index < -0.39 is 0 Å². The maximum atomic E-state index is 6.03. The van der Waals surface area contributed by atoms with Gasteiger partial charge in [-0.25, -0.2) is 0 Å². The second kappa shape index (κ2) is 7.24. The van der Waals surface area contributed by atoms with E-state index in [4.69, 9.17) is 15.2 Å². The predicted octanol–water partition coefficient (Wildman–Crippen LogP) is 2.18. The fourth-order valence-electron chi connectivity index (χ4n) is 2.32. The topological polar surface area (TPSA) is 59.8 Å². The molecule has 0 atom stereocenters. The predicted molar refractivity (Wildman–Crippen MR) is 82.7 cm³/mol. The zero-order chi connectivity index (χ0) is 14.4. The number of hydrogen-bond donors (Lipinski definition) is 2. The molecule has 0 saturated heterocycles. The summed E-state index contributed by atoms with van der Waals surface area (Å²) in [5, 5.41) is 3.38. The minimum atomic E-state index is 0.586. The molecule has 0 spiro atoms. The minimum Gasteiger partial charge on any atom is -0.486 e. The van der Waals surface area contributed by atoms with Gasteiger partial charge < -0.3 is 25.4 Å². The standard InChI is InChI=1S/C15H25N3O2/c1-3-18(4-2)7-5-6-17-13-11-15-14(10-12(13)16)19-8-9-20-15/h10-11,17H,3-9,16H2,1-2H3. The molecule has 0 amide bonds. The van der Waals surface area contributed by atoms with E-state index in [1.54, 1.807) is 0 Å². The van der Waals surface area contributed by atoms with Crippen LogP contribution in [0.5, 0.6) is 11.5 Å². The van der Waals surface area contributed by atoms with Crippen molar-refractivity contribution in [1.82, 2.24) is 4.90 Å². The first-order valence-corrected chi connectivity index (χ1v) is 7.40. The highest BCUT2D eigenvalue weighted by Gasteiger charge is 2.14. The van der Waals surface area contributed by atoms with Crippen LogP contribution in [0.3, 0.4) is 0 Å². The third-order valence-corrected chi connectivity index (χ3v) is 3.58. The molecule has 0 radical (unpaired) electrons. The third-order valence-electron chi connectivity index (χ3n) is 3.58. The average Bonchev–Trinajstić information content (AvgIpc) is 2.47. The summed E-state index contributed by atoms with van der Waals surface area (Å²) in [6.45, 7) is 9.77. The molecule has 1 aromatic carbocycles. The largest absolute Gasteiger partial charge is 0.486 e. The van der Waals surface area contributed by atoms with Gasteiger partial charge in [0.2, 0.25) is 0 Å². The molecule has 1 aliphatic rings. The van der Waals surface area contributed by atoms with E-state index in [1.165, 1.54) is 0 Å². The maximum absolute atomic E-state index is 6.03. The molecule has 1 heterocycles. The van der Waals surface area contributed by atoms with Crippen molar-refractivity contribution in [1.29, 1.82) is 0 Å². The Morgan fingerprint density at radius 3 is 2.45 bits per heavy atom. The van der Waals surface area contributed by atoms with Crippen LogP contribution < -0.4 is 20.5 Å². The van der Waals surface area contributed by atoms with Crippen molar-refractivity contribution in [2.24, 2.45) is 0 Å². The average molecular weight is 279 g/mol. The molecule has 5 heteroatoms. The minimum absolute atomic E-state index is 0.586. The van der Waals surface area contributed by atoms with Crippen LogP contribution in [-0.4, -0.2) is 44.3 Å². The lowest BCUT2D eigenvalue weighted by molar-refractivity contribution is 0.172. The molecule has 3 N–H and O–H groups in total. The quantitative estimate of drug-likeness (QED) is 0.592. The van der Waals surface area contributed by atoms with E-state index in [1.807, 2.05) is 12.1 Å². The zero-order valence-electron chi connectivity index (χ0n) is 12.4. The summed E-state index contributed by atoms with van der Waals surface area (Å²) in [5.74, 6) is 1.51. The summed E-state index contributed by atoms with van der Waals surface area (Å²) < 4.78 is 11.1. The van der Waals surface area contributed by atoms with E-state index in [2.05, 4.69) is 24.1 Å². The van der Waals surface area contributed by atoms with Gasteiger partial charge in [0.25, 0.3) is 0 Å². The van der Waals surface area contributed by atoms with Gasteiger partial charge in [-0.05, 0) is 26.1 Å². The third kappa shape index (κ3) is 3.70. The fraction of sp³-hybridized carbons (Fsp3) is 0.600. The van der Waals surface area contributed by atoms with Crippen molar-refractivity contribution in [3.63, 3.8) is 0 Å². The van der Waals surface area contributed by atoms with Gasteiger partial charge in [0.05, 0.1) is 11.4 Å². The molecule has 20 heavy (non-hydrogen) atoms. The number of benzene rings is 1. The summed E-state index contributed by atoms with van der Waals surface area (Å²) in [6, 6.07) is 3.77. The number of nitrogens with zero attached hydrogens (tertiary/aromatic N) is 1. The smallest absolute Gasteiger partial charge is 0.163 e. The van der Waals surface area contributed by atoms with Crippen LogP contribution in [0, 0.1) is 0 Å². The number of ether oxygens (including phenoxy) is 2. The first-order valence-electron chi connectivity index (χ1n) is 7.40. The Morgan fingerprint density at radius 2 is 1.80 bits per heavy atom. The van der Waals surface area contributed by atoms with Gasteiger partial charge in [0, 0.05) is 18.7 Å². The fourth-order valence-corrected chi connectivity index (χ4v) is 2.32. The highest BCUT2D eigenvalue weighted by molar-refractivity contribution is 5.72. The van der Waals surface area contributed by atoms with Crippen molar-refractivity contribution in [3.05, 3.63) is 12.1 Å². The molecule has 0 bridgehead atoms. The van der Waals surface area contributed by atoms with Crippen LogP contribution in [0.15, 0.2) is 12.1 Å². The lowest BCUT2D eigenvalue weighted by Gasteiger charge is -2.21. The Morgan fingerprint density at radius 1 is 1.15 bits per heavy atom. The Bertz CT molecular complexity index is 433. The molecule has 0 fully saturated rings. The number of nitrogen functional groups attached to an aromatic ring is 1. The molecule has 2 rings (SSSR count). The van der Waals surface area contributed by atoms with Crippen molar-refractivity contribution in [2.75, 3.05) is 50.4 Å². The van der Waals surface area contributed by atoms with Gasteiger partial charge in [0.15, 0.2) is 11.5 Å². The van der Waals surface area contributed by atoms with E-state index in [0.717, 1.165) is 49.8 Å². The lowest BCUT2D eigenvalue weighted by Crippen LogP contribution is -2.25. The molecule has 1 aromatic rings. The van der Waals surface area contributed by atoms with Crippen LogP contribution in [0.25, 0.3) is 0 Å². The summed E-state index contributed by atoms with van der Waals surface area (Å²) in [5.41, 5.74) is 7.66. The number of nitrogens with two attached hydrogens (primary N) is 1. The molecular formula is C15H25N3O2. The van der Waals surface area contributed by atoms with E-state index in [-0.39, 0.29) is 0 Å². The van der Waals surface area contributed by atoms with Gasteiger partial charge in [-0.3, -0.25) is 0 Å². The van der Waals surface area contributed by atoms with Crippen LogP contribution in [0.4, 0.5) is 11.4 Å². The molecule has 0 aromatic heterocycles. The molecule has 0 aliphatic carbocycles. The van der Waals surface area contributed by atoms with E-state index >= 15 is 0 Å². The monoisotopic (exact) mass is 279 g/mol. The van der Waals surface area contributed by atoms with Gasteiger partial charge in [0.1, 0.15) is 13.2 Å². The van der Waals surface area contributed by atoms with Crippen molar-refractivity contribution < 1.29 is 9.47 Å². The molecule has 0 saturated carbocycles. The summed E-state index contributed by atoms with van der Waals surface area (Å²) in [4.78, 5) is 2.41. The van der Waals surface area contributed by atoms with Crippen LogP contribution in [0.1, 0.15) is 20.3 Å². The van der Waals surface area contributed by atoms with Gasteiger partial charge in [-0.2, -0.15) is 0 Å². The maximum Gasteiger partial charge on any atom is 0.163 e. The normalized spacial score (nSPS) is 13.6. The van der Waals surface area contributed by atoms with E-state index in [0.29, 0.717) is 18.9 Å². The molecule has 112 valence electrons. The summed E-state index contributed by atoms with van der Waals surface area (Å²) >= 11 is 0. The molecule has 5 nitrogen and oxygen atoms in total. The van der Waals surface area contributed by atoms with Gasteiger partial charge in [-0.15, -0.1) is 0 Å². The van der Waals surface area contributed by atoms with Crippen molar-refractivity contribution in [3.8, 4) is 11.5 Å². The Hall–Kier alpha value is -1.62. The second-order valence-corrected chi connectivity index (χ2v) is 4.89. The van der Waals surface area contributed by atoms with E-state index in [9.17, 15) is 0 Å². The van der Waals surface area contributed by atoms with Crippen molar-refractivity contribution >= 4 is 11.4 Å². The highest BCUT2D eigenvalue weighted by Crippen LogP contribution is 2.36. The number of anilines is 2. The van der Waals surface area contributed by atoms with Crippen LogP contribution in [-0.2, 0) is 0 Å². The number of rotatable bonds is 7. The summed E-state index contributed by atoms with van der Waals surface area (Å²) in [6.07, 6.45) is 1.09. The zero-order valence-corrected chi connectivity index (χ0v) is 12.4. The Labute approximate surface area is 121 Å². The number of nitrogens with one attached hydrogen (secondary N) is 1. The summed E-state index contributed by atoms with van der Waals surface area (Å²) in [7, 11) is 0. The Kier molecular flexibility index (Phi) is 5.35. The lowest BCUT2D eigenvalue weighted by atomic mass is 10.2. The molecule has 1 aliphatic heterocycles. The molecular weight excluding hydrogens is 254 g/mol. The van der Waals surface area contributed by atoms with Gasteiger partial charge in [-0.1, -0.05) is 13.8 Å². The van der Waals surface area contributed by atoms with Crippen molar-refractivity contribution in [2.45, 2.75) is 20.3 Å². The second-order valence-electron chi connectivity index (χ2n) is 4.89. The first kappa shape index (κ1) is 14.8. The SMILES string of the molecule is CCN(CC)CCCNc1cc2c(cc1N)OCCO2. The van der Waals surface area contributed by atoms with Crippen LogP contribution in [0.2, 0.25) is 0 Å². The Balaban J connectivity index is 1.86. The first-order chi connectivity index (χ1) is 9.74. The number of hydrogen-bond acceptors (Lipinski definition) is 5. The highest BCUT2D eigenvalue weighted by atomic mass is 16.6. The number of fused-ring (bicyclic) bond motifs is 1. The molecule has 0 unspecified atom stereocenters. The van der Waals surface area contributed by atoms with Gasteiger partial charge >= 0.3 is 0 Å².